The Kier molecular flexibility index (Phi) is 11.9. The molecule has 0 atom stereocenters. The van der Waals surface area contributed by atoms with Gasteiger partial charge in [-0.2, -0.15) is 11.3 Å². The number of benzene rings is 5. The maximum Gasteiger partial charge on any atom is 0.123 e. The van der Waals surface area contributed by atoms with Gasteiger partial charge in [0, 0.05) is 54.3 Å². The van der Waals surface area contributed by atoms with E-state index in [1.54, 1.807) is 29.5 Å². The quantitative estimate of drug-likeness (QED) is 0.130. The maximum absolute atomic E-state index is 14.4. The van der Waals surface area contributed by atoms with Gasteiger partial charge in [-0.25, -0.2) is 9.37 Å². The van der Waals surface area contributed by atoms with Crippen LogP contribution in [0.25, 0.3) is 70.4 Å². The molecular formula is C52H50F2IrN4SSi-2. The van der Waals surface area contributed by atoms with Crippen LogP contribution in [0.15, 0.2) is 103 Å². The number of aryl methyl sites for hydroxylation is 2. The van der Waals surface area contributed by atoms with E-state index in [2.05, 4.69) is 144 Å². The van der Waals surface area contributed by atoms with Gasteiger partial charge < -0.3 is 9.55 Å². The average molecular weight is 1020 g/mol. The van der Waals surface area contributed by atoms with Crippen molar-refractivity contribution in [2.24, 2.45) is 0 Å². The molecule has 0 bridgehead atoms. The third-order valence-electron chi connectivity index (χ3n) is 11.1. The number of rotatable bonds is 4. The van der Waals surface area contributed by atoms with Gasteiger partial charge in [-0.15, -0.1) is 48.0 Å². The second-order valence-corrected chi connectivity index (χ2v) is 24.9. The Morgan fingerprint density at radius 3 is 2.10 bits per heavy atom. The Balaban J connectivity index is 0.000000217. The summed E-state index contributed by atoms with van der Waals surface area (Å²) >= 11 is 1.69. The molecule has 5 aromatic carbocycles. The van der Waals surface area contributed by atoms with Gasteiger partial charge in [0.05, 0.1) is 24.9 Å². The number of aromatic nitrogens is 4. The van der Waals surface area contributed by atoms with Crippen LogP contribution < -0.4 is 5.19 Å². The molecule has 0 aliphatic rings. The van der Waals surface area contributed by atoms with Crippen LogP contribution in [0.3, 0.4) is 0 Å². The number of thiophene rings is 1. The second-order valence-electron chi connectivity index (χ2n) is 18.8. The fraction of sp³-hybridized carbons (Fsp3) is 0.250. The molecule has 0 aliphatic heterocycles. The van der Waals surface area contributed by atoms with Crippen molar-refractivity contribution in [2.45, 2.75) is 85.9 Å². The number of nitrogens with zero attached hydrogens (tertiary/aromatic N) is 4. The fourth-order valence-corrected chi connectivity index (χ4v) is 10.9. The first kappa shape index (κ1) is 44.1. The zero-order valence-electron chi connectivity index (χ0n) is 36.6. The van der Waals surface area contributed by atoms with Crippen molar-refractivity contribution in [3.05, 3.63) is 149 Å². The van der Waals surface area contributed by atoms with Gasteiger partial charge in [0.2, 0.25) is 0 Å². The predicted octanol–water partition coefficient (Wildman–Crippen LogP) is 14.0. The molecule has 4 aromatic heterocycles. The van der Waals surface area contributed by atoms with E-state index in [0.29, 0.717) is 0 Å². The van der Waals surface area contributed by atoms with Crippen molar-refractivity contribution >= 4 is 66.7 Å². The van der Waals surface area contributed by atoms with Crippen LogP contribution in [0, 0.1) is 37.6 Å². The summed E-state index contributed by atoms with van der Waals surface area (Å²) in [6.07, 6.45) is 2.01. The molecule has 0 spiro atoms. The summed E-state index contributed by atoms with van der Waals surface area (Å²) in [6.45, 7) is 24.2. The van der Waals surface area contributed by atoms with Crippen LogP contribution in [0.2, 0.25) is 19.6 Å². The third kappa shape index (κ3) is 8.50. The first-order chi connectivity index (χ1) is 28.3. The molecule has 0 amide bonds. The van der Waals surface area contributed by atoms with E-state index in [-0.39, 0.29) is 42.6 Å². The van der Waals surface area contributed by atoms with Gasteiger partial charge in [0.1, 0.15) is 10.6 Å². The molecule has 313 valence electrons. The largest absolute Gasteiger partial charge is 0.332 e. The molecule has 9 aromatic rings. The van der Waals surface area contributed by atoms with Crippen LogP contribution in [-0.4, -0.2) is 27.6 Å². The monoisotopic (exact) mass is 1020 g/mol. The third-order valence-corrected chi connectivity index (χ3v) is 14.2. The molecule has 4 heterocycles. The van der Waals surface area contributed by atoms with Crippen molar-refractivity contribution in [3.8, 4) is 28.3 Å². The molecule has 0 unspecified atom stereocenters. The zero-order chi connectivity index (χ0) is 42.9. The van der Waals surface area contributed by atoms with Crippen LogP contribution in [-0.2, 0) is 30.9 Å². The Bertz CT molecular complexity index is 3070. The molecular weight excluding hydrogens is 971 g/mol. The van der Waals surface area contributed by atoms with Gasteiger partial charge in [0.25, 0.3) is 0 Å². The molecule has 9 rings (SSSR count). The van der Waals surface area contributed by atoms with Crippen molar-refractivity contribution in [1.29, 1.82) is 0 Å². The number of fused-ring (bicyclic) bond motifs is 6. The maximum atomic E-state index is 14.4. The van der Waals surface area contributed by atoms with Gasteiger partial charge in [-0.05, 0) is 86.6 Å². The molecule has 0 aliphatic carbocycles. The minimum atomic E-state index is -1.45. The first-order valence-electron chi connectivity index (χ1n) is 20.4. The smallest absolute Gasteiger partial charge is 0.123 e. The fourth-order valence-electron chi connectivity index (χ4n) is 8.07. The number of halogens is 2. The van der Waals surface area contributed by atoms with Gasteiger partial charge in [-0.1, -0.05) is 115 Å². The molecule has 0 saturated heterocycles. The van der Waals surface area contributed by atoms with Crippen molar-refractivity contribution in [3.63, 3.8) is 0 Å². The minimum Gasteiger partial charge on any atom is -0.332 e. The normalized spacial score (nSPS) is 12.2. The van der Waals surface area contributed by atoms with E-state index in [1.807, 2.05) is 26.1 Å². The Morgan fingerprint density at radius 2 is 1.44 bits per heavy atom. The SMILES string of the molecule is CC(C)(C)c1cc(-c2[c-]cc(F)cc2)ncc1[Si](C)(C)C.Cc1cc(F)cc(C)c1-n1c(-c2[c-]ccc3c2sc2nc(C(C)(C)C)ccc23)nc2ccc3ccccc3c21.[Ir]. The number of hydrogen-bond donors (Lipinski definition) is 0. The molecule has 4 nitrogen and oxygen atoms in total. The van der Waals surface area contributed by atoms with E-state index in [1.165, 1.54) is 22.9 Å². The summed E-state index contributed by atoms with van der Waals surface area (Å²) < 4.78 is 30.8. The summed E-state index contributed by atoms with van der Waals surface area (Å²) in [4.78, 5) is 15.9. The molecule has 9 heteroatoms. The summed E-state index contributed by atoms with van der Waals surface area (Å²) in [5.41, 5.74) is 9.65. The van der Waals surface area contributed by atoms with Crippen molar-refractivity contribution in [1.82, 2.24) is 19.5 Å². The van der Waals surface area contributed by atoms with Crippen molar-refractivity contribution in [2.75, 3.05) is 0 Å². The van der Waals surface area contributed by atoms with Crippen LogP contribution in [0.4, 0.5) is 8.78 Å². The van der Waals surface area contributed by atoms with E-state index in [9.17, 15) is 8.78 Å². The Morgan fingerprint density at radius 1 is 0.721 bits per heavy atom. The van der Waals surface area contributed by atoms with Crippen LogP contribution in [0.5, 0.6) is 0 Å². The topological polar surface area (TPSA) is 43.6 Å². The second kappa shape index (κ2) is 16.4. The summed E-state index contributed by atoms with van der Waals surface area (Å²) in [5, 5.41) is 5.92. The van der Waals surface area contributed by atoms with E-state index in [0.717, 1.165) is 87.3 Å². The van der Waals surface area contributed by atoms with Crippen molar-refractivity contribution < 1.29 is 28.9 Å². The molecule has 0 N–H and O–H groups in total. The Labute approximate surface area is 376 Å². The first-order valence-corrected chi connectivity index (χ1v) is 24.7. The van der Waals surface area contributed by atoms with E-state index < -0.39 is 8.07 Å². The van der Waals surface area contributed by atoms with Gasteiger partial charge in [0.15, 0.2) is 0 Å². The number of imidazole rings is 1. The Hall–Kier alpha value is -4.92. The predicted molar refractivity (Wildman–Crippen MR) is 252 cm³/mol. The molecule has 0 saturated carbocycles. The summed E-state index contributed by atoms with van der Waals surface area (Å²) in [7, 11) is -1.45. The standard InChI is InChI=1S/C34H27FN3S.C18H23FNSi.Ir/c1-19-17-22(35)18-20(2)29(19)38-30-23-10-7-6-9-21(23)13-15-27(30)36-32(38)26-12-8-11-24-25-14-16-28(34(3,4)5)37-33(25)39-31(24)26;1-18(2,3)15-11-16(13-7-9-14(19)10-8-13)20-12-17(15)21(4,5)6;/h6-11,13-18H,1-5H3;7,9-12H,1-6H3;/q2*-1;. The molecule has 0 fully saturated rings. The molecule has 1 radical (unpaired) electrons. The molecule has 61 heavy (non-hydrogen) atoms. The zero-order valence-corrected chi connectivity index (χ0v) is 40.8. The summed E-state index contributed by atoms with van der Waals surface area (Å²) in [5.74, 6) is 0.296. The van der Waals surface area contributed by atoms with E-state index in [4.69, 9.17) is 9.97 Å². The number of pyridine rings is 2. The van der Waals surface area contributed by atoms with Crippen LogP contribution in [0.1, 0.15) is 63.9 Å². The van der Waals surface area contributed by atoms with Gasteiger partial charge >= 0.3 is 0 Å². The van der Waals surface area contributed by atoms with Crippen LogP contribution >= 0.6 is 11.3 Å². The summed E-state index contributed by atoms with van der Waals surface area (Å²) in [6, 6.07) is 37.4. The minimum absolute atomic E-state index is 0. The number of hydrogen-bond acceptors (Lipinski definition) is 4. The van der Waals surface area contributed by atoms with E-state index >= 15 is 0 Å². The van der Waals surface area contributed by atoms with Gasteiger partial charge in [-0.3, -0.25) is 9.37 Å². The average Bonchev–Trinajstić information content (AvgIpc) is 3.76.